The number of benzene rings is 1. The van der Waals surface area contributed by atoms with Gasteiger partial charge in [-0.1, -0.05) is 24.3 Å². The molecule has 0 spiro atoms. The van der Waals surface area contributed by atoms with Gasteiger partial charge in [-0.05, 0) is 44.2 Å². The Balaban J connectivity index is 1.91. The number of carboxylic acid groups (broad SMARTS) is 1. The number of nitrogen functional groups attached to an aromatic ring is 1. The fourth-order valence-electron chi connectivity index (χ4n) is 3.63. The van der Waals surface area contributed by atoms with Crippen LogP contribution in [-0.4, -0.2) is 34.1 Å². The Morgan fingerprint density at radius 2 is 2.08 bits per heavy atom. The molecule has 1 saturated heterocycles. The molecular weight excluding hydrogens is 316 g/mol. The zero-order valence-electron chi connectivity index (χ0n) is 14.7. The lowest BCUT2D eigenvalue weighted by atomic mass is 9.74. The van der Waals surface area contributed by atoms with Gasteiger partial charge < -0.3 is 15.7 Å². The highest BCUT2D eigenvalue weighted by Crippen LogP contribution is 2.36. The number of aryl methyl sites for hydroxylation is 2. The van der Waals surface area contributed by atoms with Gasteiger partial charge in [0.2, 0.25) is 5.95 Å². The number of piperidine rings is 1. The topological polar surface area (TPSA) is 92.3 Å². The van der Waals surface area contributed by atoms with Crippen molar-refractivity contribution in [2.45, 2.75) is 33.1 Å². The average Bonchev–Trinajstić information content (AvgIpc) is 2.56. The molecule has 1 unspecified atom stereocenters. The third-order valence-electron chi connectivity index (χ3n) is 5.00. The fraction of sp³-hybridized carbons (Fsp3) is 0.421. The van der Waals surface area contributed by atoms with Gasteiger partial charge in [0, 0.05) is 24.8 Å². The summed E-state index contributed by atoms with van der Waals surface area (Å²) in [6, 6.07) is 9.85. The molecule has 1 aromatic heterocycles. The first-order valence-corrected chi connectivity index (χ1v) is 8.54. The molecular formula is C19H24N4O2. The van der Waals surface area contributed by atoms with Gasteiger partial charge in [-0.2, -0.15) is 4.98 Å². The highest BCUT2D eigenvalue weighted by molar-refractivity contribution is 5.76. The van der Waals surface area contributed by atoms with Crippen LogP contribution in [0.5, 0.6) is 0 Å². The van der Waals surface area contributed by atoms with Crippen molar-refractivity contribution in [3.05, 3.63) is 47.2 Å². The number of hydrogen-bond acceptors (Lipinski definition) is 5. The number of carbonyl (C=O) groups is 1. The molecule has 132 valence electrons. The lowest BCUT2D eigenvalue weighted by Crippen LogP contribution is -2.49. The molecule has 6 heteroatoms. The molecule has 0 aliphatic carbocycles. The minimum atomic E-state index is -0.821. The standard InChI is InChI=1S/C19H24N4O2/c1-13-6-3-4-7-15(13)11-19(17(24)25)8-5-9-23(12-19)16-10-14(2)21-18(20)22-16/h3-4,6-7,10H,5,8-9,11-12H2,1-2H3,(H,24,25)(H2,20,21,22). The molecule has 1 aliphatic heterocycles. The summed E-state index contributed by atoms with van der Waals surface area (Å²) in [5.41, 5.74) is 7.95. The first-order valence-electron chi connectivity index (χ1n) is 8.54. The summed E-state index contributed by atoms with van der Waals surface area (Å²) >= 11 is 0. The summed E-state index contributed by atoms with van der Waals surface area (Å²) in [7, 11) is 0. The van der Waals surface area contributed by atoms with Crippen molar-refractivity contribution in [1.29, 1.82) is 0 Å². The lowest BCUT2D eigenvalue weighted by molar-refractivity contribution is -0.149. The molecule has 1 aromatic carbocycles. The Hall–Kier alpha value is -2.63. The second-order valence-corrected chi connectivity index (χ2v) is 6.94. The number of aliphatic carboxylic acids is 1. The average molecular weight is 340 g/mol. The molecule has 6 nitrogen and oxygen atoms in total. The molecule has 25 heavy (non-hydrogen) atoms. The minimum absolute atomic E-state index is 0.223. The van der Waals surface area contributed by atoms with E-state index >= 15 is 0 Å². The monoisotopic (exact) mass is 340 g/mol. The summed E-state index contributed by atoms with van der Waals surface area (Å²) in [6.07, 6.45) is 1.99. The van der Waals surface area contributed by atoms with Crippen LogP contribution in [0.3, 0.4) is 0 Å². The van der Waals surface area contributed by atoms with Crippen LogP contribution in [0, 0.1) is 19.3 Å². The molecule has 2 heterocycles. The van der Waals surface area contributed by atoms with Gasteiger partial charge in [0.25, 0.3) is 0 Å². The van der Waals surface area contributed by atoms with E-state index in [1.54, 1.807) is 0 Å². The summed E-state index contributed by atoms with van der Waals surface area (Å²) in [6.45, 7) is 5.09. The van der Waals surface area contributed by atoms with E-state index in [-0.39, 0.29) is 5.95 Å². The predicted octanol–water partition coefficient (Wildman–Crippen LogP) is 2.59. The molecule has 3 rings (SSSR count). The summed E-state index contributed by atoms with van der Waals surface area (Å²) < 4.78 is 0. The molecule has 1 atom stereocenters. The van der Waals surface area contributed by atoms with Gasteiger partial charge in [0.1, 0.15) is 5.82 Å². The van der Waals surface area contributed by atoms with E-state index in [9.17, 15) is 9.90 Å². The van der Waals surface area contributed by atoms with Gasteiger partial charge in [-0.3, -0.25) is 4.79 Å². The Morgan fingerprint density at radius 1 is 1.32 bits per heavy atom. The zero-order chi connectivity index (χ0) is 18.0. The van der Waals surface area contributed by atoms with E-state index in [2.05, 4.69) is 9.97 Å². The van der Waals surface area contributed by atoms with Crippen LogP contribution in [0.4, 0.5) is 11.8 Å². The Bertz CT molecular complexity index is 772. The number of aromatic nitrogens is 2. The van der Waals surface area contributed by atoms with Crippen molar-refractivity contribution in [2.75, 3.05) is 23.7 Å². The van der Waals surface area contributed by atoms with Crippen LogP contribution < -0.4 is 10.6 Å². The number of anilines is 2. The van der Waals surface area contributed by atoms with E-state index in [1.165, 1.54) is 0 Å². The fourth-order valence-corrected chi connectivity index (χ4v) is 3.63. The predicted molar refractivity (Wildman–Crippen MR) is 97.6 cm³/mol. The van der Waals surface area contributed by atoms with Crippen LogP contribution in [0.2, 0.25) is 0 Å². The maximum atomic E-state index is 12.2. The lowest BCUT2D eigenvalue weighted by Gasteiger charge is -2.41. The van der Waals surface area contributed by atoms with E-state index < -0.39 is 11.4 Å². The third-order valence-corrected chi connectivity index (χ3v) is 5.00. The van der Waals surface area contributed by atoms with Crippen LogP contribution >= 0.6 is 0 Å². The number of nitrogens with zero attached hydrogens (tertiary/aromatic N) is 3. The SMILES string of the molecule is Cc1cc(N2CCCC(Cc3ccccc3C)(C(=O)O)C2)nc(N)n1. The molecule has 0 radical (unpaired) electrons. The van der Waals surface area contributed by atoms with Gasteiger partial charge >= 0.3 is 5.97 Å². The maximum absolute atomic E-state index is 12.2. The largest absolute Gasteiger partial charge is 0.481 e. The molecule has 1 aliphatic rings. The normalized spacial score (nSPS) is 20.5. The smallest absolute Gasteiger partial charge is 0.311 e. The van der Waals surface area contributed by atoms with Crippen LogP contribution in [0.1, 0.15) is 29.7 Å². The van der Waals surface area contributed by atoms with Crippen LogP contribution in [0.15, 0.2) is 30.3 Å². The maximum Gasteiger partial charge on any atom is 0.311 e. The molecule has 0 saturated carbocycles. The Kier molecular flexibility index (Phi) is 4.61. The van der Waals surface area contributed by atoms with Crippen molar-refractivity contribution in [1.82, 2.24) is 9.97 Å². The van der Waals surface area contributed by atoms with E-state index in [0.29, 0.717) is 25.2 Å². The second kappa shape index (κ2) is 6.70. The Morgan fingerprint density at radius 3 is 2.76 bits per heavy atom. The number of hydrogen-bond donors (Lipinski definition) is 2. The third kappa shape index (κ3) is 3.57. The Labute approximate surface area is 147 Å². The second-order valence-electron chi connectivity index (χ2n) is 6.94. The first kappa shape index (κ1) is 17.2. The first-order chi connectivity index (χ1) is 11.9. The van der Waals surface area contributed by atoms with Crippen LogP contribution in [-0.2, 0) is 11.2 Å². The minimum Gasteiger partial charge on any atom is -0.481 e. The molecule has 1 fully saturated rings. The van der Waals surface area contributed by atoms with E-state index in [4.69, 9.17) is 5.73 Å². The van der Waals surface area contributed by atoms with Crippen LogP contribution in [0.25, 0.3) is 0 Å². The highest BCUT2D eigenvalue weighted by Gasteiger charge is 2.43. The van der Waals surface area contributed by atoms with Crippen molar-refractivity contribution < 1.29 is 9.90 Å². The molecule has 0 bridgehead atoms. The number of nitrogens with two attached hydrogens (primary N) is 1. The van der Waals surface area contributed by atoms with Crippen molar-refractivity contribution in [2.24, 2.45) is 5.41 Å². The van der Waals surface area contributed by atoms with Crippen molar-refractivity contribution >= 4 is 17.7 Å². The zero-order valence-corrected chi connectivity index (χ0v) is 14.7. The summed E-state index contributed by atoms with van der Waals surface area (Å²) in [4.78, 5) is 22.7. The molecule has 0 amide bonds. The molecule has 3 N–H and O–H groups in total. The summed E-state index contributed by atoms with van der Waals surface area (Å²) in [5, 5.41) is 10.0. The number of rotatable bonds is 4. The highest BCUT2D eigenvalue weighted by atomic mass is 16.4. The van der Waals surface area contributed by atoms with Gasteiger partial charge in [-0.15, -0.1) is 0 Å². The van der Waals surface area contributed by atoms with E-state index in [0.717, 1.165) is 29.8 Å². The van der Waals surface area contributed by atoms with Gasteiger partial charge in [0.05, 0.1) is 5.41 Å². The van der Waals surface area contributed by atoms with Crippen molar-refractivity contribution in [3.8, 4) is 0 Å². The van der Waals surface area contributed by atoms with Crippen molar-refractivity contribution in [3.63, 3.8) is 0 Å². The van der Waals surface area contributed by atoms with Gasteiger partial charge in [0.15, 0.2) is 0 Å². The quantitative estimate of drug-likeness (QED) is 0.889. The molecule has 2 aromatic rings. The van der Waals surface area contributed by atoms with Gasteiger partial charge in [-0.25, -0.2) is 4.98 Å². The summed E-state index contributed by atoms with van der Waals surface area (Å²) in [5.74, 6) is 0.180. The number of carboxylic acids is 1. The van der Waals surface area contributed by atoms with E-state index in [1.807, 2.05) is 49.1 Å².